The Morgan fingerprint density at radius 1 is 1.33 bits per heavy atom. The van der Waals surface area contributed by atoms with Crippen LogP contribution in [-0.4, -0.2) is 46.4 Å². The average Bonchev–Trinajstić information content (AvgIpc) is 3.04. The first kappa shape index (κ1) is 16.4. The van der Waals surface area contributed by atoms with Gasteiger partial charge in [0, 0.05) is 25.2 Å². The summed E-state index contributed by atoms with van der Waals surface area (Å²) < 4.78 is 10.8. The SMILES string of the molecule is CC(C)(C)OC(=O)N1CCNC(c2nc(-c3ccccc3)no2)C1. The van der Waals surface area contributed by atoms with Crippen molar-refractivity contribution in [2.24, 2.45) is 0 Å². The van der Waals surface area contributed by atoms with Crippen LogP contribution >= 0.6 is 0 Å². The Labute approximate surface area is 141 Å². The van der Waals surface area contributed by atoms with Gasteiger partial charge in [0.2, 0.25) is 11.7 Å². The number of nitrogens with one attached hydrogen (secondary N) is 1. The first-order chi connectivity index (χ1) is 11.4. The lowest BCUT2D eigenvalue weighted by molar-refractivity contribution is 0.0184. The zero-order valence-corrected chi connectivity index (χ0v) is 14.2. The number of nitrogens with zero attached hydrogens (tertiary/aromatic N) is 3. The van der Waals surface area contributed by atoms with E-state index >= 15 is 0 Å². The van der Waals surface area contributed by atoms with E-state index in [0.29, 0.717) is 31.3 Å². The second kappa shape index (κ2) is 6.60. The van der Waals surface area contributed by atoms with Crippen molar-refractivity contribution < 1.29 is 14.1 Å². The second-order valence-corrected chi connectivity index (χ2v) is 6.76. The van der Waals surface area contributed by atoms with E-state index in [2.05, 4.69) is 15.5 Å². The van der Waals surface area contributed by atoms with E-state index in [1.54, 1.807) is 4.90 Å². The summed E-state index contributed by atoms with van der Waals surface area (Å²) in [4.78, 5) is 18.3. The summed E-state index contributed by atoms with van der Waals surface area (Å²) in [7, 11) is 0. The Kier molecular flexibility index (Phi) is 4.53. The van der Waals surface area contributed by atoms with Gasteiger partial charge in [-0.05, 0) is 20.8 Å². The van der Waals surface area contributed by atoms with E-state index in [0.717, 1.165) is 5.56 Å². The lowest BCUT2D eigenvalue weighted by Crippen LogP contribution is -2.49. The van der Waals surface area contributed by atoms with Gasteiger partial charge in [0.15, 0.2) is 0 Å². The molecular formula is C17H22N4O3. The molecular weight excluding hydrogens is 308 g/mol. The molecule has 0 radical (unpaired) electrons. The van der Waals surface area contributed by atoms with E-state index in [1.165, 1.54) is 0 Å². The van der Waals surface area contributed by atoms with Crippen LogP contribution in [0.4, 0.5) is 4.79 Å². The molecule has 0 aliphatic carbocycles. The molecule has 1 aromatic heterocycles. The molecule has 1 amide bonds. The van der Waals surface area contributed by atoms with Crippen LogP contribution in [0.15, 0.2) is 34.9 Å². The monoisotopic (exact) mass is 330 g/mol. The number of amides is 1. The van der Waals surface area contributed by atoms with Crippen molar-refractivity contribution in [1.82, 2.24) is 20.4 Å². The van der Waals surface area contributed by atoms with Crippen LogP contribution in [0.3, 0.4) is 0 Å². The molecule has 1 aromatic carbocycles. The molecule has 24 heavy (non-hydrogen) atoms. The maximum absolute atomic E-state index is 12.2. The van der Waals surface area contributed by atoms with Crippen molar-refractivity contribution in [3.63, 3.8) is 0 Å². The number of piperazine rings is 1. The van der Waals surface area contributed by atoms with E-state index in [4.69, 9.17) is 9.26 Å². The minimum Gasteiger partial charge on any atom is -0.444 e. The van der Waals surface area contributed by atoms with E-state index in [9.17, 15) is 4.79 Å². The van der Waals surface area contributed by atoms with Crippen LogP contribution in [-0.2, 0) is 4.74 Å². The van der Waals surface area contributed by atoms with Gasteiger partial charge in [-0.3, -0.25) is 0 Å². The number of hydrogen-bond donors (Lipinski definition) is 1. The van der Waals surface area contributed by atoms with Gasteiger partial charge in [0.25, 0.3) is 0 Å². The summed E-state index contributed by atoms with van der Waals surface area (Å²) in [5.41, 5.74) is 0.384. The Morgan fingerprint density at radius 3 is 2.79 bits per heavy atom. The van der Waals surface area contributed by atoms with Gasteiger partial charge >= 0.3 is 6.09 Å². The quantitative estimate of drug-likeness (QED) is 0.912. The summed E-state index contributed by atoms with van der Waals surface area (Å²) in [6.07, 6.45) is -0.322. The normalized spacial score (nSPS) is 18.5. The van der Waals surface area contributed by atoms with Crippen LogP contribution in [0, 0.1) is 0 Å². The zero-order chi connectivity index (χ0) is 17.2. The van der Waals surface area contributed by atoms with Crippen molar-refractivity contribution >= 4 is 6.09 Å². The molecule has 7 nitrogen and oxygen atoms in total. The summed E-state index contributed by atoms with van der Waals surface area (Å²) in [5, 5.41) is 7.33. The largest absolute Gasteiger partial charge is 0.444 e. The van der Waals surface area contributed by atoms with Crippen LogP contribution in [0.2, 0.25) is 0 Å². The predicted molar refractivity (Wildman–Crippen MR) is 88.3 cm³/mol. The Morgan fingerprint density at radius 2 is 2.08 bits per heavy atom. The fourth-order valence-corrected chi connectivity index (χ4v) is 2.49. The molecule has 1 unspecified atom stereocenters. The van der Waals surface area contributed by atoms with Crippen LogP contribution in [0.25, 0.3) is 11.4 Å². The topological polar surface area (TPSA) is 80.5 Å². The van der Waals surface area contributed by atoms with Gasteiger partial charge < -0.3 is 19.5 Å². The van der Waals surface area contributed by atoms with Gasteiger partial charge in [0.1, 0.15) is 11.6 Å². The molecule has 3 rings (SSSR count). The molecule has 1 atom stereocenters. The first-order valence-corrected chi connectivity index (χ1v) is 8.03. The molecule has 1 saturated heterocycles. The highest BCUT2D eigenvalue weighted by Crippen LogP contribution is 2.21. The Hall–Kier alpha value is -2.41. The molecule has 128 valence electrons. The summed E-state index contributed by atoms with van der Waals surface area (Å²) in [6.45, 7) is 7.24. The fraction of sp³-hybridized carbons (Fsp3) is 0.471. The number of benzene rings is 1. The molecule has 0 saturated carbocycles. The highest BCUT2D eigenvalue weighted by molar-refractivity contribution is 5.68. The van der Waals surface area contributed by atoms with Gasteiger partial charge in [-0.2, -0.15) is 4.98 Å². The van der Waals surface area contributed by atoms with Gasteiger partial charge in [-0.15, -0.1) is 0 Å². The van der Waals surface area contributed by atoms with Gasteiger partial charge in [-0.1, -0.05) is 35.5 Å². The van der Waals surface area contributed by atoms with E-state index in [1.807, 2.05) is 51.1 Å². The number of carbonyl (C=O) groups excluding carboxylic acids is 1. The van der Waals surface area contributed by atoms with E-state index < -0.39 is 5.60 Å². The summed E-state index contributed by atoms with van der Waals surface area (Å²) in [5.74, 6) is 1.02. The van der Waals surface area contributed by atoms with Crippen LogP contribution in [0.5, 0.6) is 0 Å². The smallest absolute Gasteiger partial charge is 0.410 e. The molecule has 2 heterocycles. The molecule has 0 spiro atoms. The fourth-order valence-electron chi connectivity index (χ4n) is 2.49. The molecule has 2 aromatic rings. The molecule has 0 bridgehead atoms. The maximum Gasteiger partial charge on any atom is 0.410 e. The number of aromatic nitrogens is 2. The minimum atomic E-state index is -0.511. The van der Waals surface area contributed by atoms with Crippen molar-refractivity contribution in [3.05, 3.63) is 36.2 Å². The van der Waals surface area contributed by atoms with Crippen molar-refractivity contribution in [2.75, 3.05) is 19.6 Å². The average molecular weight is 330 g/mol. The third-order valence-electron chi connectivity index (χ3n) is 3.60. The first-order valence-electron chi connectivity index (χ1n) is 8.03. The molecule has 1 aliphatic heterocycles. The maximum atomic E-state index is 12.2. The zero-order valence-electron chi connectivity index (χ0n) is 14.2. The second-order valence-electron chi connectivity index (χ2n) is 6.76. The lowest BCUT2D eigenvalue weighted by atomic mass is 10.2. The molecule has 7 heteroatoms. The lowest BCUT2D eigenvalue weighted by Gasteiger charge is -2.33. The van der Waals surface area contributed by atoms with Crippen LogP contribution < -0.4 is 5.32 Å². The van der Waals surface area contributed by atoms with Crippen molar-refractivity contribution in [3.8, 4) is 11.4 Å². The van der Waals surface area contributed by atoms with Gasteiger partial charge in [-0.25, -0.2) is 4.79 Å². The summed E-state index contributed by atoms with van der Waals surface area (Å²) >= 11 is 0. The minimum absolute atomic E-state index is 0.198. The summed E-state index contributed by atoms with van der Waals surface area (Å²) in [6, 6.07) is 9.44. The third kappa shape index (κ3) is 3.91. The Bertz CT molecular complexity index is 693. The van der Waals surface area contributed by atoms with Gasteiger partial charge in [0.05, 0.1) is 0 Å². The van der Waals surface area contributed by atoms with Crippen molar-refractivity contribution in [1.29, 1.82) is 0 Å². The number of carbonyl (C=O) groups is 1. The van der Waals surface area contributed by atoms with Crippen molar-refractivity contribution in [2.45, 2.75) is 32.4 Å². The number of rotatable bonds is 2. The number of hydrogen-bond acceptors (Lipinski definition) is 6. The van der Waals surface area contributed by atoms with E-state index in [-0.39, 0.29) is 12.1 Å². The number of ether oxygens (including phenoxy) is 1. The molecule has 1 N–H and O–H groups in total. The molecule has 1 fully saturated rings. The molecule has 1 aliphatic rings. The Balaban J connectivity index is 1.69. The predicted octanol–water partition coefficient (Wildman–Crippen LogP) is 2.62. The third-order valence-corrected chi connectivity index (χ3v) is 3.60. The highest BCUT2D eigenvalue weighted by atomic mass is 16.6. The van der Waals surface area contributed by atoms with Crippen LogP contribution in [0.1, 0.15) is 32.7 Å². The highest BCUT2D eigenvalue weighted by Gasteiger charge is 2.30. The standard InChI is InChI=1S/C17H22N4O3/c1-17(2,3)23-16(22)21-10-9-18-13(11-21)15-19-14(20-24-15)12-7-5-4-6-8-12/h4-8,13,18H,9-11H2,1-3H3.